The third-order valence-electron chi connectivity index (χ3n) is 3.53. The minimum absolute atomic E-state index is 0.206. The first-order valence-corrected chi connectivity index (χ1v) is 6.33. The number of nitrogens with zero attached hydrogens (tertiary/aromatic N) is 2. The van der Waals surface area contributed by atoms with Crippen LogP contribution >= 0.6 is 12.6 Å². The molecule has 0 aliphatic carbocycles. The first kappa shape index (κ1) is 10.6. The summed E-state index contributed by atoms with van der Waals surface area (Å²) in [5.74, 6) is 0. The van der Waals surface area contributed by atoms with E-state index in [2.05, 4.69) is 34.6 Å². The van der Waals surface area contributed by atoms with Gasteiger partial charge in [-0.2, -0.15) is 17.7 Å². The molecular weight excluding hydrogens is 222 g/mol. The Hall–Kier alpha value is -0.520. The minimum Gasteiger partial charge on any atom is -0.378 e. The number of fused-ring (bicyclic) bond motifs is 1. The van der Waals surface area contributed by atoms with Crippen molar-refractivity contribution in [1.82, 2.24) is 15.1 Å². The zero-order valence-corrected chi connectivity index (χ0v) is 10.3. The third kappa shape index (κ3) is 1.67. The van der Waals surface area contributed by atoms with Crippen LogP contribution in [0.1, 0.15) is 29.1 Å². The summed E-state index contributed by atoms with van der Waals surface area (Å²) >= 11 is 4.48. The van der Waals surface area contributed by atoms with Gasteiger partial charge in [-0.1, -0.05) is 0 Å². The second-order valence-corrected chi connectivity index (χ2v) is 5.43. The van der Waals surface area contributed by atoms with E-state index in [1.807, 2.05) is 0 Å². The molecule has 1 aromatic rings. The Morgan fingerprint density at radius 1 is 1.56 bits per heavy atom. The van der Waals surface area contributed by atoms with E-state index in [-0.39, 0.29) is 5.25 Å². The van der Waals surface area contributed by atoms with E-state index in [4.69, 9.17) is 4.74 Å². The van der Waals surface area contributed by atoms with E-state index in [1.54, 1.807) is 0 Å². The monoisotopic (exact) mass is 239 g/mol. The lowest BCUT2D eigenvalue weighted by atomic mass is 10.0. The summed E-state index contributed by atoms with van der Waals surface area (Å²) in [7, 11) is 0. The molecule has 3 rings (SSSR count). The summed E-state index contributed by atoms with van der Waals surface area (Å²) in [4.78, 5) is 2.50. The van der Waals surface area contributed by atoms with Gasteiger partial charge in [-0.3, -0.25) is 10.00 Å². The normalized spacial score (nSPS) is 23.9. The van der Waals surface area contributed by atoms with Crippen molar-refractivity contribution in [3.63, 3.8) is 0 Å². The molecule has 0 aromatic carbocycles. The highest BCUT2D eigenvalue weighted by Gasteiger charge is 2.31. The summed E-state index contributed by atoms with van der Waals surface area (Å²) in [6, 6.07) is 0.617. The second-order valence-electron chi connectivity index (χ2n) is 4.65. The fraction of sp³-hybridized carbons (Fsp3) is 0.727. The molecule has 1 unspecified atom stereocenters. The first-order chi connectivity index (χ1) is 7.75. The van der Waals surface area contributed by atoms with E-state index in [0.29, 0.717) is 6.04 Å². The Morgan fingerprint density at radius 2 is 2.38 bits per heavy atom. The maximum Gasteiger partial charge on any atom is 0.0794 e. The van der Waals surface area contributed by atoms with E-state index in [1.165, 1.54) is 11.3 Å². The smallest absolute Gasteiger partial charge is 0.0794 e. The van der Waals surface area contributed by atoms with Gasteiger partial charge in [0.2, 0.25) is 0 Å². The number of rotatable bonds is 2. The highest BCUT2D eigenvalue weighted by molar-refractivity contribution is 7.80. The predicted molar refractivity (Wildman–Crippen MR) is 64.7 cm³/mol. The molecule has 1 N–H and O–H groups in total. The van der Waals surface area contributed by atoms with Crippen LogP contribution in [0, 0.1) is 0 Å². The van der Waals surface area contributed by atoms with Crippen LogP contribution in [-0.4, -0.2) is 40.9 Å². The fourth-order valence-electron chi connectivity index (χ4n) is 2.43. The van der Waals surface area contributed by atoms with Crippen molar-refractivity contribution in [1.29, 1.82) is 0 Å². The molecule has 16 heavy (non-hydrogen) atoms. The molecule has 0 amide bonds. The number of ether oxygens (including phenoxy) is 1. The average Bonchev–Trinajstić information content (AvgIpc) is 2.57. The topological polar surface area (TPSA) is 41.2 Å². The lowest BCUT2D eigenvalue weighted by Crippen LogP contribution is -2.50. The number of H-pyrrole nitrogens is 1. The number of hydrogen-bond donors (Lipinski definition) is 2. The van der Waals surface area contributed by atoms with Crippen LogP contribution in [0.15, 0.2) is 0 Å². The third-order valence-corrected chi connectivity index (χ3v) is 3.77. The maximum atomic E-state index is 5.26. The van der Waals surface area contributed by atoms with Gasteiger partial charge in [0.25, 0.3) is 0 Å². The molecule has 1 atom stereocenters. The van der Waals surface area contributed by atoms with Crippen molar-refractivity contribution >= 4 is 12.6 Å². The number of aromatic nitrogens is 2. The van der Waals surface area contributed by atoms with Gasteiger partial charge >= 0.3 is 0 Å². The van der Waals surface area contributed by atoms with E-state index >= 15 is 0 Å². The number of hydrogen-bond acceptors (Lipinski definition) is 4. The van der Waals surface area contributed by atoms with Crippen LogP contribution in [0.3, 0.4) is 0 Å². The molecule has 1 aromatic heterocycles. The summed E-state index contributed by atoms with van der Waals surface area (Å²) in [6.45, 7) is 5.96. The van der Waals surface area contributed by atoms with Gasteiger partial charge in [0.15, 0.2) is 0 Å². The Kier molecular flexibility index (Phi) is 2.69. The Morgan fingerprint density at radius 3 is 3.00 bits per heavy atom. The number of nitrogens with one attached hydrogen (secondary N) is 1. The zero-order valence-electron chi connectivity index (χ0n) is 9.44. The van der Waals surface area contributed by atoms with E-state index < -0.39 is 0 Å². The van der Waals surface area contributed by atoms with Crippen LogP contribution in [-0.2, 0) is 17.7 Å². The molecule has 1 fully saturated rings. The molecule has 0 bridgehead atoms. The maximum absolute atomic E-state index is 5.26. The van der Waals surface area contributed by atoms with Crippen LogP contribution in [0.5, 0.6) is 0 Å². The molecular formula is C11H17N3OS. The summed E-state index contributed by atoms with van der Waals surface area (Å²) in [5, 5.41) is 7.73. The minimum atomic E-state index is 0.206. The molecule has 2 aliphatic rings. The van der Waals surface area contributed by atoms with E-state index in [9.17, 15) is 0 Å². The molecule has 0 spiro atoms. The SMILES string of the molecule is CC(S)c1n[nH]c2c1CN(C1COC1)CC2. The van der Waals surface area contributed by atoms with Gasteiger partial charge in [-0.25, -0.2) is 0 Å². The molecule has 3 heterocycles. The van der Waals surface area contributed by atoms with Crippen molar-refractivity contribution in [2.45, 2.75) is 31.2 Å². The van der Waals surface area contributed by atoms with Crippen LogP contribution < -0.4 is 0 Å². The van der Waals surface area contributed by atoms with Crippen molar-refractivity contribution < 1.29 is 4.74 Å². The van der Waals surface area contributed by atoms with Crippen molar-refractivity contribution in [2.75, 3.05) is 19.8 Å². The molecule has 4 nitrogen and oxygen atoms in total. The van der Waals surface area contributed by atoms with Crippen LogP contribution in [0.25, 0.3) is 0 Å². The van der Waals surface area contributed by atoms with Gasteiger partial charge in [0.1, 0.15) is 0 Å². The summed E-state index contributed by atoms with van der Waals surface area (Å²) in [5.41, 5.74) is 3.77. The molecule has 5 heteroatoms. The summed E-state index contributed by atoms with van der Waals surface area (Å²) in [6.07, 6.45) is 1.07. The molecule has 0 saturated carbocycles. The highest BCUT2D eigenvalue weighted by Crippen LogP contribution is 2.29. The van der Waals surface area contributed by atoms with E-state index in [0.717, 1.165) is 38.4 Å². The van der Waals surface area contributed by atoms with Crippen molar-refractivity contribution in [3.05, 3.63) is 17.0 Å². The molecule has 1 saturated heterocycles. The van der Waals surface area contributed by atoms with Gasteiger partial charge in [0, 0.05) is 36.0 Å². The van der Waals surface area contributed by atoms with Crippen molar-refractivity contribution in [2.24, 2.45) is 0 Å². The van der Waals surface area contributed by atoms with Gasteiger partial charge in [-0.05, 0) is 6.92 Å². The molecule has 88 valence electrons. The largest absolute Gasteiger partial charge is 0.378 e. The Balaban J connectivity index is 1.82. The van der Waals surface area contributed by atoms with Gasteiger partial charge in [0.05, 0.1) is 24.9 Å². The van der Waals surface area contributed by atoms with Crippen LogP contribution in [0.2, 0.25) is 0 Å². The lowest BCUT2D eigenvalue weighted by molar-refractivity contribution is -0.0696. The number of thiol groups is 1. The van der Waals surface area contributed by atoms with Gasteiger partial charge in [-0.15, -0.1) is 0 Å². The molecule has 2 aliphatic heterocycles. The zero-order chi connectivity index (χ0) is 11.1. The fourth-order valence-corrected chi connectivity index (χ4v) is 2.64. The van der Waals surface area contributed by atoms with Crippen LogP contribution in [0.4, 0.5) is 0 Å². The standard InChI is InChI=1S/C11H17N3OS/c1-7(16)11-9-4-14(8-5-15-6-8)3-2-10(9)12-13-11/h7-8,16H,2-6H2,1H3,(H,12,13). The highest BCUT2D eigenvalue weighted by atomic mass is 32.1. The number of aromatic amines is 1. The van der Waals surface area contributed by atoms with Gasteiger partial charge < -0.3 is 4.74 Å². The predicted octanol–water partition coefficient (Wildman–Crippen LogP) is 1.16. The quantitative estimate of drug-likeness (QED) is 0.761. The second kappa shape index (κ2) is 4.05. The first-order valence-electron chi connectivity index (χ1n) is 5.81. The average molecular weight is 239 g/mol. The molecule has 0 radical (unpaired) electrons. The Labute approximate surface area is 101 Å². The lowest BCUT2D eigenvalue weighted by Gasteiger charge is -2.39. The Bertz CT molecular complexity index is 387. The van der Waals surface area contributed by atoms with Crippen molar-refractivity contribution in [3.8, 4) is 0 Å². The summed E-state index contributed by atoms with van der Waals surface area (Å²) < 4.78 is 5.26.